The first-order valence-electron chi connectivity index (χ1n) is 10.8. The van der Waals surface area contributed by atoms with Crippen LogP contribution < -0.4 is 4.90 Å². The van der Waals surface area contributed by atoms with Gasteiger partial charge >= 0.3 is 0 Å². The standard InChI is InChI=1S/C24H29N5OS/c1-3-29-22(17-20-9-5-4-6-10-20)25-26-24(29)31-18-23(30)28-14-12-27(13-15-28)21-11-7-8-19(2)16-21/h4-11,16H,3,12-15,17-18H2,1-2H3. The molecular formula is C24H29N5OS. The highest BCUT2D eigenvalue weighted by molar-refractivity contribution is 7.99. The lowest BCUT2D eigenvalue weighted by Crippen LogP contribution is -2.49. The van der Waals surface area contributed by atoms with E-state index in [0.29, 0.717) is 5.75 Å². The van der Waals surface area contributed by atoms with Gasteiger partial charge in [0.2, 0.25) is 5.91 Å². The molecule has 31 heavy (non-hydrogen) atoms. The van der Waals surface area contributed by atoms with Crippen molar-refractivity contribution < 1.29 is 4.79 Å². The minimum Gasteiger partial charge on any atom is -0.368 e. The predicted molar refractivity (Wildman–Crippen MR) is 126 cm³/mol. The number of hydrogen-bond donors (Lipinski definition) is 0. The second-order valence-electron chi connectivity index (χ2n) is 7.80. The van der Waals surface area contributed by atoms with Crippen LogP contribution in [0.5, 0.6) is 0 Å². The number of aromatic nitrogens is 3. The molecular weight excluding hydrogens is 406 g/mol. The van der Waals surface area contributed by atoms with Crippen molar-refractivity contribution in [3.8, 4) is 0 Å². The molecule has 3 aromatic rings. The van der Waals surface area contributed by atoms with E-state index < -0.39 is 0 Å². The van der Waals surface area contributed by atoms with Crippen molar-refractivity contribution in [3.05, 3.63) is 71.5 Å². The van der Waals surface area contributed by atoms with Crippen LogP contribution in [0.15, 0.2) is 59.8 Å². The molecule has 0 saturated carbocycles. The summed E-state index contributed by atoms with van der Waals surface area (Å²) >= 11 is 1.49. The smallest absolute Gasteiger partial charge is 0.233 e. The fourth-order valence-corrected chi connectivity index (χ4v) is 4.83. The number of nitrogens with zero attached hydrogens (tertiary/aromatic N) is 5. The van der Waals surface area contributed by atoms with Crippen molar-refractivity contribution in [3.63, 3.8) is 0 Å². The summed E-state index contributed by atoms with van der Waals surface area (Å²) in [4.78, 5) is 17.1. The van der Waals surface area contributed by atoms with E-state index in [1.807, 2.05) is 23.1 Å². The molecule has 0 radical (unpaired) electrons. The van der Waals surface area contributed by atoms with Crippen molar-refractivity contribution in [1.82, 2.24) is 19.7 Å². The molecule has 0 aliphatic carbocycles. The fourth-order valence-electron chi connectivity index (χ4n) is 3.91. The zero-order valence-corrected chi connectivity index (χ0v) is 19.0. The highest BCUT2D eigenvalue weighted by Crippen LogP contribution is 2.21. The number of hydrogen-bond acceptors (Lipinski definition) is 5. The molecule has 2 aromatic carbocycles. The molecule has 1 saturated heterocycles. The van der Waals surface area contributed by atoms with Crippen LogP contribution in [-0.4, -0.2) is 57.5 Å². The van der Waals surface area contributed by atoms with Crippen LogP contribution in [0.1, 0.15) is 23.9 Å². The SMILES string of the molecule is CCn1c(Cc2ccccc2)nnc1SCC(=O)N1CCN(c2cccc(C)c2)CC1. The van der Waals surface area contributed by atoms with Crippen molar-refractivity contribution in [2.45, 2.75) is 32.0 Å². The van der Waals surface area contributed by atoms with Crippen LogP contribution >= 0.6 is 11.8 Å². The molecule has 0 bridgehead atoms. The summed E-state index contributed by atoms with van der Waals surface area (Å²) in [5.74, 6) is 1.51. The Kier molecular flexibility index (Phi) is 6.92. The number of carbonyl (C=O) groups excluding carboxylic acids is 1. The Balaban J connectivity index is 1.31. The second kappa shape index (κ2) is 10.0. The van der Waals surface area contributed by atoms with Crippen LogP contribution in [0.3, 0.4) is 0 Å². The summed E-state index contributed by atoms with van der Waals surface area (Å²) in [7, 11) is 0. The molecule has 1 aliphatic rings. The average Bonchev–Trinajstić information content (AvgIpc) is 3.19. The minimum absolute atomic E-state index is 0.171. The third kappa shape index (κ3) is 5.28. The number of anilines is 1. The van der Waals surface area contributed by atoms with Gasteiger partial charge in [-0.3, -0.25) is 4.79 Å². The number of rotatable bonds is 7. The highest BCUT2D eigenvalue weighted by atomic mass is 32.2. The van der Waals surface area contributed by atoms with Crippen LogP contribution in [0.25, 0.3) is 0 Å². The highest BCUT2D eigenvalue weighted by Gasteiger charge is 2.22. The van der Waals surface area contributed by atoms with Gasteiger partial charge in [0, 0.05) is 44.8 Å². The molecule has 0 spiro atoms. The van der Waals surface area contributed by atoms with E-state index >= 15 is 0 Å². The van der Waals surface area contributed by atoms with Crippen molar-refractivity contribution in [1.29, 1.82) is 0 Å². The summed E-state index contributed by atoms with van der Waals surface area (Å²) in [6.07, 6.45) is 0.747. The quantitative estimate of drug-likeness (QED) is 0.531. The third-order valence-corrected chi connectivity index (χ3v) is 6.59. The first-order valence-corrected chi connectivity index (χ1v) is 11.8. The van der Waals surface area contributed by atoms with Crippen LogP contribution in [0.2, 0.25) is 0 Å². The zero-order valence-electron chi connectivity index (χ0n) is 18.2. The molecule has 4 rings (SSSR count). The van der Waals surface area contributed by atoms with Gasteiger partial charge in [0.15, 0.2) is 5.16 Å². The maximum Gasteiger partial charge on any atom is 0.233 e. The van der Waals surface area contributed by atoms with Crippen molar-refractivity contribution in [2.75, 3.05) is 36.8 Å². The van der Waals surface area contributed by atoms with Gasteiger partial charge in [-0.1, -0.05) is 54.2 Å². The summed E-state index contributed by atoms with van der Waals surface area (Å²) in [6.45, 7) is 8.24. The maximum absolute atomic E-state index is 12.8. The number of amides is 1. The first-order chi connectivity index (χ1) is 15.1. The minimum atomic E-state index is 0.171. The average molecular weight is 436 g/mol. The Morgan fingerprint density at radius 3 is 2.48 bits per heavy atom. The summed E-state index contributed by atoms with van der Waals surface area (Å²) in [6, 6.07) is 18.8. The summed E-state index contributed by atoms with van der Waals surface area (Å²) in [5, 5.41) is 9.56. The Bertz CT molecular complexity index is 1010. The molecule has 1 aromatic heterocycles. The van der Waals surface area contributed by atoms with Gasteiger partial charge in [-0.2, -0.15) is 0 Å². The van der Waals surface area contributed by atoms with E-state index in [0.717, 1.165) is 50.1 Å². The normalized spacial score (nSPS) is 14.1. The molecule has 0 unspecified atom stereocenters. The van der Waals surface area contributed by atoms with E-state index in [-0.39, 0.29) is 5.91 Å². The van der Waals surface area contributed by atoms with Gasteiger partial charge in [0.05, 0.1) is 5.75 Å². The Morgan fingerprint density at radius 1 is 1.00 bits per heavy atom. The lowest BCUT2D eigenvalue weighted by atomic mass is 10.1. The Labute approximate surface area is 188 Å². The number of aryl methyl sites for hydroxylation is 1. The van der Waals surface area contributed by atoms with Crippen LogP contribution in [-0.2, 0) is 17.8 Å². The number of benzene rings is 2. The number of piperazine rings is 1. The van der Waals surface area contributed by atoms with E-state index in [2.05, 4.69) is 69.9 Å². The number of thioether (sulfide) groups is 1. The molecule has 2 heterocycles. The molecule has 0 N–H and O–H groups in total. The van der Waals surface area contributed by atoms with E-state index in [4.69, 9.17) is 0 Å². The molecule has 0 atom stereocenters. The Hall–Kier alpha value is -2.80. The maximum atomic E-state index is 12.8. The second-order valence-corrected chi connectivity index (χ2v) is 8.74. The Morgan fingerprint density at radius 2 is 1.77 bits per heavy atom. The number of carbonyl (C=O) groups is 1. The van der Waals surface area contributed by atoms with E-state index in [1.165, 1.54) is 28.6 Å². The fraction of sp³-hybridized carbons (Fsp3) is 0.375. The lowest BCUT2D eigenvalue weighted by Gasteiger charge is -2.36. The molecule has 1 aliphatic heterocycles. The lowest BCUT2D eigenvalue weighted by molar-refractivity contribution is -0.128. The molecule has 1 fully saturated rings. The molecule has 1 amide bonds. The summed E-state index contributed by atoms with van der Waals surface area (Å²) < 4.78 is 2.11. The van der Waals surface area contributed by atoms with Crippen LogP contribution in [0, 0.1) is 6.92 Å². The summed E-state index contributed by atoms with van der Waals surface area (Å²) in [5.41, 5.74) is 3.71. The van der Waals surface area contributed by atoms with Gasteiger partial charge in [0.1, 0.15) is 5.82 Å². The largest absolute Gasteiger partial charge is 0.368 e. The predicted octanol–water partition coefficient (Wildman–Crippen LogP) is 3.64. The molecule has 7 heteroatoms. The topological polar surface area (TPSA) is 54.3 Å². The van der Waals surface area contributed by atoms with Gasteiger partial charge in [-0.25, -0.2) is 0 Å². The third-order valence-electron chi connectivity index (χ3n) is 5.64. The molecule has 162 valence electrons. The zero-order chi connectivity index (χ0) is 21.6. The monoisotopic (exact) mass is 435 g/mol. The first kappa shape index (κ1) is 21.4. The van der Waals surface area contributed by atoms with Gasteiger partial charge < -0.3 is 14.4 Å². The van der Waals surface area contributed by atoms with Crippen LogP contribution in [0.4, 0.5) is 5.69 Å². The van der Waals surface area contributed by atoms with E-state index in [1.54, 1.807) is 0 Å². The molecule has 6 nitrogen and oxygen atoms in total. The van der Waals surface area contributed by atoms with Crippen molar-refractivity contribution in [2.24, 2.45) is 0 Å². The van der Waals surface area contributed by atoms with E-state index in [9.17, 15) is 4.79 Å². The van der Waals surface area contributed by atoms with Crippen molar-refractivity contribution >= 4 is 23.4 Å². The van der Waals surface area contributed by atoms with Gasteiger partial charge in [-0.15, -0.1) is 10.2 Å². The van der Waals surface area contributed by atoms with Gasteiger partial charge in [0.25, 0.3) is 0 Å². The van der Waals surface area contributed by atoms with Gasteiger partial charge in [-0.05, 0) is 37.1 Å².